The topological polar surface area (TPSA) is 23.6 Å². The molecule has 0 atom stereocenters. The minimum Gasteiger partial charge on any atom is -0.340 e. The summed E-state index contributed by atoms with van der Waals surface area (Å²) in [5.41, 5.74) is 1.26. The number of rotatable bonds is 4. The van der Waals surface area contributed by atoms with Crippen LogP contribution < -0.4 is 0 Å². The Morgan fingerprint density at radius 3 is 2.29 bits per heavy atom. The Kier molecular flexibility index (Phi) is 6.45. The molecule has 0 unspecified atom stereocenters. The average molecular weight is 455 g/mol. The summed E-state index contributed by atoms with van der Waals surface area (Å²) in [6.07, 6.45) is -4.02. The van der Waals surface area contributed by atoms with E-state index in [0.717, 1.165) is 10.0 Å². The van der Waals surface area contributed by atoms with Gasteiger partial charge in [-0.25, -0.2) is 0 Å². The first kappa shape index (κ1) is 20.9. The van der Waals surface area contributed by atoms with E-state index in [0.29, 0.717) is 38.2 Å². The van der Waals surface area contributed by atoms with Gasteiger partial charge in [-0.05, 0) is 36.2 Å². The number of benzene rings is 2. The molecule has 150 valence electrons. The van der Waals surface area contributed by atoms with Crippen LogP contribution in [0.5, 0.6) is 0 Å². The van der Waals surface area contributed by atoms with Gasteiger partial charge >= 0.3 is 6.18 Å². The molecule has 0 aliphatic carbocycles. The van der Waals surface area contributed by atoms with Gasteiger partial charge < -0.3 is 4.90 Å². The van der Waals surface area contributed by atoms with Gasteiger partial charge in [-0.3, -0.25) is 9.69 Å². The first-order valence-electron chi connectivity index (χ1n) is 9.13. The average Bonchev–Trinajstić information content (AvgIpc) is 2.65. The molecule has 2 aromatic rings. The van der Waals surface area contributed by atoms with Crippen LogP contribution in [0.15, 0.2) is 46.9 Å². The number of carbonyl (C=O) groups excluding carboxylic acids is 1. The monoisotopic (exact) mass is 454 g/mol. The highest BCUT2D eigenvalue weighted by Gasteiger charge is 2.34. The molecule has 7 heteroatoms. The standard InChI is InChI=1S/C21H22BrF3N2O/c1-15-2-5-17(19(12-15)21(23,24)25)14-26-8-10-27(11-9-26)20(28)13-16-3-6-18(22)7-4-16/h2-7,12H,8-11,13-14H2,1H3. The van der Waals surface area contributed by atoms with Crippen molar-refractivity contribution in [1.29, 1.82) is 0 Å². The van der Waals surface area contributed by atoms with Crippen molar-refractivity contribution in [3.05, 3.63) is 69.2 Å². The maximum Gasteiger partial charge on any atom is 0.416 e. The van der Waals surface area contributed by atoms with Gasteiger partial charge in [0.2, 0.25) is 5.91 Å². The van der Waals surface area contributed by atoms with Crippen LogP contribution in [0.2, 0.25) is 0 Å². The summed E-state index contributed by atoms with van der Waals surface area (Å²) in [4.78, 5) is 16.3. The van der Waals surface area contributed by atoms with Crippen LogP contribution in [-0.2, 0) is 23.9 Å². The molecule has 1 saturated heterocycles. The van der Waals surface area contributed by atoms with E-state index >= 15 is 0 Å². The number of amides is 1. The lowest BCUT2D eigenvalue weighted by molar-refractivity contribution is -0.138. The molecular formula is C21H22BrF3N2O. The Morgan fingerprint density at radius 2 is 1.68 bits per heavy atom. The van der Waals surface area contributed by atoms with Gasteiger partial charge in [0.05, 0.1) is 12.0 Å². The molecule has 1 fully saturated rings. The molecule has 0 aromatic heterocycles. The second-order valence-corrected chi connectivity index (χ2v) is 8.03. The van der Waals surface area contributed by atoms with Gasteiger partial charge in [0.25, 0.3) is 0 Å². The van der Waals surface area contributed by atoms with Crippen molar-refractivity contribution in [3.63, 3.8) is 0 Å². The lowest BCUT2D eigenvalue weighted by atomic mass is 10.0. The van der Waals surface area contributed by atoms with Crippen LogP contribution >= 0.6 is 15.9 Å². The predicted molar refractivity (Wildman–Crippen MR) is 106 cm³/mol. The van der Waals surface area contributed by atoms with E-state index < -0.39 is 11.7 Å². The van der Waals surface area contributed by atoms with E-state index in [1.807, 2.05) is 29.2 Å². The molecule has 3 rings (SSSR count). The van der Waals surface area contributed by atoms with Gasteiger partial charge in [-0.2, -0.15) is 13.2 Å². The first-order chi connectivity index (χ1) is 13.2. The van der Waals surface area contributed by atoms with Crippen molar-refractivity contribution in [3.8, 4) is 0 Å². The zero-order chi connectivity index (χ0) is 20.3. The van der Waals surface area contributed by atoms with Gasteiger partial charge in [-0.1, -0.05) is 45.8 Å². The van der Waals surface area contributed by atoms with E-state index in [1.165, 1.54) is 6.07 Å². The molecule has 0 spiro atoms. The van der Waals surface area contributed by atoms with Crippen molar-refractivity contribution >= 4 is 21.8 Å². The van der Waals surface area contributed by atoms with Crippen LogP contribution in [-0.4, -0.2) is 41.9 Å². The largest absolute Gasteiger partial charge is 0.416 e. The minimum atomic E-state index is -4.36. The summed E-state index contributed by atoms with van der Waals surface area (Å²) in [5.74, 6) is 0.0493. The molecule has 1 aliphatic rings. The number of piperazine rings is 1. The normalized spacial score (nSPS) is 15.7. The van der Waals surface area contributed by atoms with Crippen molar-refractivity contribution < 1.29 is 18.0 Å². The Morgan fingerprint density at radius 1 is 1.04 bits per heavy atom. The Balaban J connectivity index is 1.57. The van der Waals surface area contributed by atoms with Crippen LogP contribution in [0.3, 0.4) is 0 Å². The third kappa shape index (κ3) is 5.35. The van der Waals surface area contributed by atoms with Gasteiger partial charge in [0.1, 0.15) is 0 Å². The molecular weight excluding hydrogens is 433 g/mol. The maximum atomic E-state index is 13.3. The fourth-order valence-corrected chi connectivity index (χ4v) is 3.64. The Labute approximate surface area is 171 Å². The second kappa shape index (κ2) is 8.66. The molecule has 2 aromatic carbocycles. The number of halogens is 4. The number of hydrogen-bond donors (Lipinski definition) is 0. The molecule has 1 heterocycles. The highest BCUT2D eigenvalue weighted by Crippen LogP contribution is 2.33. The van der Waals surface area contributed by atoms with Crippen molar-refractivity contribution in [2.24, 2.45) is 0 Å². The molecule has 0 saturated carbocycles. The number of aryl methyl sites for hydroxylation is 1. The number of hydrogen-bond acceptors (Lipinski definition) is 2. The SMILES string of the molecule is Cc1ccc(CN2CCN(C(=O)Cc3ccc(Br)cc3)CC2)c(C(F)(F)F)c1. The quantitative estimate of drug-likeness (QED) is 0.670. The highest BCUT2D eigenvalue weighted by molar-refractivity contribution is 9.10. The van der Waals surface area contributed by atoms with Gasteiger partial charge in [0, 0.05) is 37.2 Å². The van der Waals surface area contributed by atoms with Crippen molar-refractivity contribution in [2.45, 2.75) is 26.1 Å². The summed E-state index contributed by atoms with van der Waals surface area (Å²) in [7, 11) is 0. The predicted octanol–water partition coefficient (Wildman–Crippen LogP) is 4.66. The second-order valence-electron chi connectivity index (χ2n) is 7.12. The fraction of sp³-hybridized carbons (Fsp3) is 0.381. The molecule has 0 radical (unpaired) electrons. The summed E-state index contributed by atoms with van der Waals surface area (Å²) in [6.45, 7) is 4.10. The molecule has 1 aliphatic heterocycles. The first-order valence-corrected chi connectivity index (χ1v) is 9.93. The molecule has 1 amide bonds. The molecule has 28 heavy (non-hydrogen) atoms. The van der Waals surface area contributed by atoms with Crippen LogP contribution in [0.1, 0.15) is 22.3 Å². The van der Waals surface area contributed by atoms with E-state index in [9.17, 15) is 18.0 Å². The van der Waals surface area contributed by atoms with E-state index in [1.54, 1.807) is 24.0 Å². The lowest BCUT2D eigenvalue weighted by Gasteiger charge is -2.35. The maximum absolute atomic E-state index is 13.3. The van der Waals surface area contributed by atoms with E-state index in [2.05, 4.69) is 15.9 Å². The summed E-state index contributed by atoms with van der Waals surface area (Å²) < 4.78 is 40.9. The molecule has 0 bridgehead atoms. The van der Waals surface area contributed by atoms with E-state index in [-0.39, 0.29) is 18.0 Å². The number of nitrogens with zero attached hydrogens (tertiary/aromatic N) is 2. The zero-order valence-corrected chi connectivity index (χ0v) is 17.2. The molecule has 0 N–H and O–H groups in total. The molecule has 3 nitrogen and oxygen atoms in total. The highest BCUT2D eigenvalue weighted by atomic mass is 79.9. The van der Waals surface area contributed by atoms with Crippen LogP contribution in [0, 0.1) is 6.92 Å². The number of alkyl halides is 3. The smallest absolute Gasteiger partial charge is 0.340 e. The summed E-state index contributed by atoms with van der Waals surface area (Å²) in [5, 5.41) is 0. The Hall–Kier alpha value is -1.86. The lowest BCUT2D eigenvalue weighted by Crippen LogP contribution is -2.48. The minimum absolute atomic E-state index is 0.0493. The summed E-state index contributed by atoms with van der Waals surface area (Å²) >= 11 is 3.37. The van der Waals surface area contributed by atoms with Crippen LogP contribution in [0.4, 0.5) is 13.2 Å². The summed E-state index contributed by atoms with van der Waals surface area (Å²) in [6, 6.07) is 12.1. The van der Waals surface area contributed by atoms with Crippen molar-refractivity contribution in [1.82, 2.24) is 9.80 Å². The van der Waals surface area contributed by atoms with Crippen LogP contribution in [0.25, 0.3) is 0 Å². The third-order valence-electron chi connectivity index (χ3n) is 4.96. The van der Waals surface area contributed by atoms with Crippen molar-refractivity contribution in [2.75, 3.05) is 26.2 Å². The van der Waals surface area contributed by atoms with E-state index in [4.69, 9.17) is 0 Å². The number of carbonyl (C=O) groups is 1. The van der Waals surface area contributed by atoms with Gasteiger partial charge in [0.15, 0.2) is 0 Å². The fourth-order valence-electron chi connectivity index (χ4n) is 3.38. The zero-order valence-electron chi connectivity index (χ0n) is 15.6. The van der Waals surface area contributed by atoms with Gasteiger partial charge in [-0.15, -0.1) is 0 Å². The third-order valence-corrected chi connectivity index (χ3v) is 5.49. The Bertz CT molecular complexity index is 829.